The summed E-state index contributed by atoms with van der Waals surface area (Å²) in [6.07, 6.45) is -4.92. The minimum Gasteiger partial charge on any atom is -0.339 e. The number of H-pyrrole nitrogens is 1. The van der Waals surface area contributed by atoms with E-state index >= 15 is 0 Å². The van der Waals surface area contributed by atoms with Crippen LogP contribution in [0.2, 0.25) is 0 Å². The molecule has 1 amide bonds. The fourth-order valence-corrected chi connectivity index (χ4v) is 2.49. The van der Waals surface area contributed by atoms with E-state index in [0.29, 0.717) is 17.1 Å². The molecule has 0 bridgehead atoms. The third-order valence-corrected chi connectivity index (χ3v) is 3.94. The van der Waals surface area contributed by atoms with Crippen LogP contribution in [-0.4, -0.2) is 22.3 Å². The Hall–Kier alpha value is -3.29. The molecule has 0 aliphatic carbocycles. The second kappa shape index (κ2) is 7.14. The standard InChI is InChI=1S/C19H17F3N4O/c1-11-3-5-13(6-4-11)16-10-17(26-25-16)24-15-8-7-14(9-12(15)2)23-18(27)19(20,21)22/h3-10H,1-2H3,(H,23,27)(H2,24,25,26). The summed E-state index contributed by atoms with van der Waals surface area (Å²) >= 11 is 0. The minimum atomic E-state index is -4.92. The molecule has 3 N–H and O–H groups in total. The Labute approximate surface area is 153 Å². The number of hydrogen-bond donors (Lipinski definition) is 3. The summed E-state index contributed by atoms with van der Waals surface area (Å²) in [6, 6.07) is 14.2. The van der Waals surface area contributed by atoms with Crippen molar-refractivity contribution in [2.45, 2.75) is 20.0 Å². The molecule has 2 aromatic carbocycles. The Morgan fingerprint density at radius 3 is 2.37 bits per heavy atom. The summed E-state index contributed by atoms with van der Waals surface area (Å²) in [5, 5.41) is 12.1. The summed E-state index contributed by atoms with van der Waals surface area (Å²) in [6.45, 7) is 3.73. The number of aryl methyl sites for hydroxylation is 2. The first-order valence-electron chi connectivity index (χ1n) is 8.11. The maximum absolute atomic E-state index is 12.3. The zero-order valence-corrected chi connectivity index (χ0v) is 14.6. The van der Waals surface area contributed by atoms with Crippen LogP contribution in [0.1, 0.15) is 11.1 Å². The van der Waals surface area contributed by atoms with Gasteiger partial charge < -0.3 is 10.6 Å². The van der Waals surface area contributed by atoms with Gasteiger partial charge in [-0.05, 0) is 43.2 Å². The molecule has 0 saturated carbocycles. The third kappa shape index (κ3) is 4.46. The van der Waals surface area contributed by atoms with Crippen molar-refractivity contribution >= 4 is 23.1 Å². The quantitative estimate of drug-likeness (QED) is 0.606. The highest BCUT2D eigenvalue weighted by molar-refractivity contribution is 5.95. The highest BCUT2D eigenvalue weighted by Crippen LogP contribution is 2.26. The maximum Gasteiger partial charge on any atom is 0.471 e. The van der Waals surface area contributed by atoms with Crippen LogP contribution in [0.3, 0.4) is 0 Å². The zero-order chi connectivity index (χ0) is 19.6. The maximum atomic E-state index is 12.3. The summed E-state index contributed by atoms with van der Waals surface area (Å²) in [5.41, 5.74) is 4.39. The Morgan fingerprint density at radius 1 is 1.04 bits per heavy atom. The lowest BCUT2D eigenvalue weighted by atomic mass is 10.1. The predicted octanol–water partition coefficient (Wildman–Crippen LogP) is 4.94. The zero-order valence-electron chi connectivity index (χ0n) is 14.6. The fourth-order valence-electron chi connectivity index (χ4n) is 2.49. The number of hydrogen-bond acceptors (Lipinski definition) is 3. The smallest absolute Gasteiger partial charge is 0.339 e. The van der Waals surface area contributed by atoms with Gasteiger partial charge in [-0.15, -0.1) is 0 Å². The minimum absolute atomic E-state index is 0.0720. The first-order chi connectivity index (χ1) is 12.7. The molecule has 0 fully saturated rings. The Bertz CT molecular complexity index is 962. The molecule has 27 heavy (non-hydrogen) atoms. The highest BCUT2D eigenvalue weighted by atomic mass is 19.4. The van der Waals surface area contributed by atoms with Crippen LogP contribution in [0.25, 0.3) is 11.3 Å². The van der Waals surface area contributed by atoms with Gasteiger partial charge in [-0.25, -0.2) is 0 Å². The van der Waals surface area contributed by atoms with E-state index in [1.807, 2.05) is 42.6 Å². The number of benzene rings is 2. The molecule has 0 saturated heterocycles. The van der Waals surface area contributed by atoms with Crippen molar-refractivity contribution in [2.24, 2.45) is 0 Å². The first kappa shape index (κ1) is 18.5. The van der Waals surface area contributed by atoms with E-state index in [1.165, 1.54) is 12.1 Å². The number of aromatic nitrogens is 2. The first-order valence-corrected chi connectivity index (χ1v) is 8.11. The normalized spacial score (nSPS) is 11.3. The molecule has 0 radical (unpaired) electrons. The fraction of sp³-hybridized carbons (Fsp3) is 0.158. The van der Waals surface area contributed by atoms with Gasteiger partial charge in [-0.1, -0.05) is 29.8 Å². The third-order valence-electron chi connectivity index (χ3n) is 3.94. The summed E-state index contributed by atoms with van der Waals surface area (Å²) in [4.78, 5) is 11.0. The number of carbonyl (C=O) groups is 1. The molecule has 0 spiro atoms. The average molecular weight is 374 g/mol. The molecule has 3 rings (SSSR count). The monoisotopic (exact) mass is 374 g/mol. The number of nitrogens with one attached hydrogen (secondary N) is 3. The molecule has 0 unspecified atom stereocenters. The molecular weight excluding hydrogens is 357 g/mol. The number of nitrogens with zero attached hydrogens (tertiary/aromatic N) is 1. The molecular formula is C19H17F3N4O. The van der Waals surface area contributed by atoms with Crippen LogP contribution >= 0.6 is 0 Å². The number of alkyl halides is 3. The molecule has 5 nitrogen and oxygen atoms in total. The largest absolute Gasteiger partial charge is 0.471 e. The van der Waals surface area contributed by atoms with Crippen molar-refractivity contribution in [2.75, 3.05) is 10.6 Å². The van der Waals surface area contributed by atoms with E-state index in [0.717, 1.165) is 16.8 Å². The predicted molar refractivity (Wildman–Crippen MR) is 97.9 cm³/mol. The lowest BCUT2D eigenvalue weighted by molar-refractivity contribution is -0.167. The van der Waals surface area contributed by atoms with E-state index in [2.05, 4.69) is 15.5 Å². The molecule has 1 aromatic heterocycles. The second-order valence-corrected chi connectivity index (χ2v) is 6.14. The van der Waals surface area contributed by atoms with Gasteiger partial charge in [0.2, 0.25) is 0 Å². The summed E-state index contributed by atoms with van der Waals surface area (Å²) in [7, 11) is 0. The van der Waals surface area contributed by atoms with Crippen molar-refractivity contribution in [3.05, 3.63) is 59.7 Å². The number of aromatic amines is 1. The van der Waals surface area contributed by atoms with Crippen LogP contribution in [0.5, 0.6) is 0 Å². The van der Waals surface area contributed by atoms with Crippen molar-refractivity contribution in [1.29, 1.82) is 0 Å². The SMILES string of the molecule is Cc1ccc(-c2cc(Nc3ccc(NC(=O)C(F)(F)F)cc3C)n[nH]2)cc1. The topological polar surface area (TPSA) is 69.8 Å². The number of carbonyl (C=O) groups excluding carboxylic acids is 1. The molecule has 140 valence electrons. The molecule has 3 aromatic rings. The molecule has 8 heteroatoms. The number of halogens is 3. The van der Waals surface area contributed by atoms with Crippen LogP contribution in [0, 0.1) is 13.8 Å². The number of anilines is 3. The van der Waals surface area contributed by atoms with E-state index in [4.69, 9.17) is 0 Å². The summed E-state index contributed by atoms with van der Waals surface area (Å²) in [5.74, 6) is -1.43. The van der Waals surface area contributed by atoms with Gasteiger partial charge in [-0.3, -0.25) is 9.89 Å². The van der Waals surface area contributed by atoms with Crippen molar-refractivity contribution in [3.8, 4) is 11.3 Å². The van der Waals surface area contributed by atoms with Crippen LogP contribution in [-0.2, 0) is 4.79 Å². The van der Waals surface area contributed by atoms with Gasteiger partial charge >= 0.3 is 12.1 Å². The lowest BCUT2D eigenvalue weighted by Gasteiger charge is -2.11. The van der Waals surface area contributed by atoms with Gasteiger partial charge in [0.1, 0.15) is 0 Å². The van der Waals surface area contributed by atoms with Gasteiger partial charge in [0, 0.05) is 17.4 Å². The van der Waals surface area contributed by atoms with E-state index < -0.39 is 12.1 Å². The second-order valence-electron chi connectivity index (χ2n) is 6.14. The van der Waals surface area contributed by atoms with Crippen molar-refractivity contribution in [1.82, 2.24) is 10.2 Å². The van der Waals surface area contributed by atoms with Crippen molar-refractivity contribution < 1.29 is 18.0 Å². The van der Waals surface area contributed by atoms with Crippen LogP contribution in [0.4, 0.5) is 30.4 Å². The van der Waals surface area contributed by atoms with Gasteiger partial charge in [0.25, 0.3) is 0 Å². The van der Waals surface area contributed by atoms with Gasteiger partial charge in [0.15, 0.2) is 5.82 Å². The molecule has 1 heterocycles. The van der Waals surface area contributed by atoms with Crippen LogP contribution in [0.15, 0.2) is 48.5 Å². The summed E-state index contributed by atoms with van der Waals surface area (Å²) < 4.78 is 37.0. The van der Waals surface area contributed by atoms with Crippen LogP contribution < -0.4 is 10.6 Å². The number of amides is 1. The molecule has 0 aliphatic heterocycles. The van der Waals surface area contributed by atoms with Crippen molar-refractivity contribution in [3.63, 3.8) is 0 Å². The Morgan fingerprint density at radius 2 is 1.74 bits per heavy atom. The lowest BCUT2D eigenvalue weighted by Crippen LogP contribution is -2.29. The highest BCUT2D eigenvalue weighted by Gasteiger charge is 2.38. The van der Waals surface area contributed by atoms with E-state index in [9.17, 15) is 18.0 Å². The average Bonchev–Trinajstić information content (AvgIpc) is 3.06. The Balaban J connectivity index is 1.73. The Kier molecular flexibility index (Phi) is 4.89. The van der Waals surface area contributed by atoms with Gasteiger partial charge in [-0.2, -0.15) is 18.3 Å². The number of rotatable bonds is 4. The van der Waals surface area contributed by atoms with Gasteiger partial charge in [0.05, 0.1) is 5.69 Å². The van der Waals surface area contributed by atoms with E-state index in [1.54, 1.807) is 13.0 Å². The molecule has 0 atom stereocenters. The van der Waals surface area contributed by atoms with E-state index in [-0.39, 0.29) is 5.69 Å². The molecule has 0 aliphatic rings.